The van der Waals surface area contributed by atoms with E-state index in [4.69, 9.17) is 0 Å². The highest BCUT2D eigenvalue weighted by molar-refractivity contribution is 5.83. The van der Waals surface area contributed by atoms with E-state index in [0.29, 0.717) is 12.1 Å². The van der Waals surface area contributed by atoms with Gasteiger partial charge in [0.2, 0.25) is 5.91 Å². The summed E-state index contributed by atoms with van der Waals surface area (Å²) in [6, 6.07) is 5.66. The number of rotatable bonds is 7. The quantitative estimate of drug-likeness (QED) is 0.796. The van der Waals surface area contributed by atoms with Crippen molar-refractivity contribution in [1.82, 2.24) is 20.0 Å². The fourth-order valence-corrected chi connectivity index (χ4v) is 2.50. The maximum absolute atomic E-state index is 13.4. The number of likely N-dealkylation sites (N-methyl/N-ethyl adjacent to an activating group) is 1. The summed E-state index contributed by atoms with van der Waals surface area (Å²) in [5, 5.41) is 7.12. The SMILES string of the molecule is Cc1cnn(CCCNC(=O)[C@@H](c2cccc(F)c2)N(C)C)c1. The van der Waals surface area contributed by atoms with E-state index in [2.05, 4.69) is 10.4 Å². The largest absolute Gasteiger partial charge is 0.354 e. The first-order valence-electron chi connectivity index (χ1n) is 7.66. The Morgan fingerprint density at radius 1 is 1.43 bits per heavy atom. The Balaban J connectivity index is 1.88. The standard InChI is InChI=1S/C17H23FN4O/c1-13-11-20-22(12-13)9-5-8-19-17(23)16(21(2)3)14-6-4-7-15(18)10-14/h4,6-7,10-12,16H,5,8-9H2,1-3H3,(H,19,23)/t16-/m1/s1. The Morgan fingerprint density at radius 3 is 2.83 bits per heavy atom. The predicted molar refractivity (Wildman–Crippen MR) is 87.4 cm³/mol. The zero-order valence-corrected chi connectivity index (χ0v) is 13.8. The maximum Gasteiger partial charge on any atom is 0.241 e. The first-order valence-corrected chi connectivity index (χ1v) is 7.66. The predicted octanol–water partition coefficient (Wildman–Crippen LogP) is 2.14. The van der Waals surface area contributed by atoms with Gasteiger partial charge in [-0.2, -0.15) is 5.10 Å². The molecule has 0 aliphatic heterocycles. The molecule has 0 aliphatic rings. The van der Waals surface area contributed by atoms with Crippen molar-refractivity contribution in [3.05, 3.63) is 53.6 Å². The van der Waals surface area contributed by atoms with Crippen LogP contribution in [0.2, 0.25) is 0 Å². The molecule has 0 radical (unpaired) electrons. The minimum Gasteiger partial charge on any atom is -0.354 e. The lowest BCUT2D eigenvalue weighted by Gasteiger charge is -2.24. The fraction of sp³-hybridized carbons (Fsp3) is 0.412. The van der Waals surface area contributed by atoms with Crippen molar-refractivity contribution in [2.45, 2.75) is 25.9 Å². The van der Waals surface area contributed by atoms with Crippen LogP contribution in [-0.4, -0.2) is 41.2 Å². The van der Waals surface area contributed by atoms with Crippen LogP contribution < -0.4 is 5.32 Å². The molecule has 1 N–H and O–H groups in total. The number of aromatic nitrogens is 2. The molecular weight excluding hydrogens is 295 g/mol. The molecule has 1 aromatic heterocycles. The summed E-state index contributed by atoms with van der Waals surface area (Å²) < 4.78 is 15.2. The highest BCUT2D eigenvalue weighted by atomic mass is 19.1. The molecule has 1 amide bonds. The highest BCUT2D eigenvalue weighted by Crippen LogP contribution is 2.19. The van der Waals surface area contributed by atoms with Gasteiger partial charge < -0.3 is 5.32 Å². The summed E-state index contributed by atoms with van der Waals surface area (Å²) in [5.41, 5.74) is 1.77. The van der Waals surface area contributed by atoms with Gasteiger partial charge in [-0.25, -0.2) is 4.39 Å². The number of aryl methyl sites for hydroxylation is 2. The van der Waals surface area contributed by atoms with E-state index >= 15 is 0 Å². The molecule has 1 atom stereocenters. The normalized spacial score (nSPS) is 12.4. The van der Waals surface area contributed by atoms with Crippen LogP contribution in [0.4, 0.5) is 4.39 Å². The Hall–Kier alpha value is -2.21. The smallest absolute Gasteiger partial charge is 0.241 e. The van der Waals surface area contributed by atoms with E-state index < -0.39 is 6.04 Å². The Bertz CT molecular complexity index is 654. The number of carbonyl (C=O) groups is 1. The van der Waals surface area contributed by atoms with E-state index in [1.54, 1.807) is 17.0 Å². The van der Waals surface area contributed by atoms with Crippen molar-refractivity contribution >= 4 is 5.91 Å². The van der Waals surface area contributed by atoms with Gasteiger partial charge >= 0.3 is 0 Å². The molecule has 1 heterocycles. The van der Waals surface area contributed by atoms with Gasteiger partial charge in [-0.15, -0.1) is 0 Å². The monoisotopic (exact) mass is 318 g/mol. The van der Waals surface area contributed by atoms with Gasteiger partial charge in [0, 0.05) is 19.3 Å². The third-order valence-corrected chi connectivity index (χ3v) is 3.55. The summed E-state index contributed by atoms with van der Waals surface area (Å²) in [6.07, 6.45) is 4.57. The van der Waals surface area contributed by atoms with Crippen LogP contribution in [0.1, 0.15) is 23.6 Å². The van der Waals surface area contributed by atoms with E-state index in [1.165, 1.54) is 12.1 Å². The van der Waals surface area contributed by atoms with Crippen LogP contribution in [0.25, 0.3) is 0 Å². The molecule has 0 saturated heterocycles. The minimum absolute atomic E-state index is 0.128. The van der Waals surface area contributed by atoms with Gasteiger partial charge in [-0.3, -0.25) is 14.4 Å². The molecule has 0 spiro atoms. The molecular formula is C17H23FN4O. The van der Waals surface area contributed by atoms with Crippen molar-refractivity contribution in [3.8, 4) is 0 Å². The molecule has 6 heteroatoms. The van der Waals surface area contributed by atoms with Crippen LogP contribution >= 0.6 is 0 Å². The second-order valence-electron chi connectivity index (χ2n) is 5.85. The Morgan fingerprint density at radius 2 is 2.22 bits per heavy atom. The van der Waals surface area contributed by atoms with Crippen LogP contribution in [0.3, 0.4) is 0 Å². The average molecular weight is 318 g/mol. The van der Waals surface area contributed by atoms with Crippen molar-refractivity contribution in [2.75, 3.05) is 20.6 Å². The molecule has 5 nitrogen and oxygen atoms in total. The van der Waals surface area contributed by atoms with Gasteiger partial charge in [0.15, 0.2) is 0 Å². The molecule has 0 aliphatic carbocycles. The molecule has 2 rings (SSSR count). The first-order chi connectivity index (χ1) is 11.0. The van der Waals surface area contributed by atoms with Crippen LogP contribution in [0.5, 0.6) is 0 Å². The van der Waals surface area contributed by atoms with Gasteiger partial charge in [-0.1, -0.05) is 12.1 Å². The number of hydrogen-bond donors (Lipinski definition) is 1. The van der Waals surface area contributed by atoms with Gasteiger partial charge in [0.05, 0.1) is 6.20 Å². The van der Waals surface area contributed by atoms with E-state index in [9.17, 15) is 9.18 Å². The highest BCUT2D eigenvalue weighted by Gasteiger charge is 2.22. The maximum atomic E-state index is 13.4. The lowest BCUT2D eigenvalue weighted by molar-refractivity contribution is -0.125. The minimum atomic E-state index is -0.502. The third kappa shape index (κ3) is 4.89. The number of benzene rings is 1. The second kappa shape index (κ2) is 7.87. The zero-order chi connectivity index (χ0) is 16.8. The summed E-state index contributed by atoms with van der Waals surface area (Å²) >= 11 is 0. The van der Waals surface area contributed by atoms with E-state index in [-0.39, 0.29) is 11.7 Å². The molecule has 124 valence electrons. The number of halogens is 1. The molecule has 0 fully saturated rings. The summed E-state index contributed by atoms with van der Waals surface area (Å²) in [6.45, 7) is 3.30. The number of amides is 1. The molecule has 2 aromatic rings. The summed E-state index contributed by atoms with van der Waals surface area (Å²) in [4.78, 5) is 14.2. The van der Waals surface area contributed by atoms with Crippen molar-refractivity contribution < 1.29 is 9.18 Å². The molecule has 1 aromatic carbocycles. The van der Waals surface area contributed by atoms with E-state index in [0.717, 1.165) is 18.5 Å². The van der Waals surface area contributed by atoms with Crippen molar-refractivity contribution in [2.24, 2.45) is 0 Å². The van der Waals surface area contributed by atoms with Gasteiger partial charge in [0.1, 0.15) is 11.9 Å². The first kappa shape index (κ1) is 17.1. The van der Waals surface area contributed by atoms with Crippen molar-refractivity contribution in [3.63, 3.8) is 0 Å². The molecule has 0 unspecified atom stereocenters. The molecule has 0 saturated carbocycles. The van der Waals surface area contributed by atoms with Gasteiger partial charge in [-0.05, 0) is 50.7 Å². The summed E-state index contributed by atoms with van der Waals surface area (Å²) in [7, 11) is 3.61. The molecule has 0 bridgehead atoms. The lowest BCUT2D eigenvalue weighted by atomic mass is 10.1. The van der Waals surface area contributed by atoms with Crippen LogP contribution in [-0.2, 0) is 11.3 Å². The van der Waals surface area contributed by atoms with Crippen molar-refractivity contribution in [1.29, 1.82) is 0 Å². The number of carbonyl (C=O) groups excluding carboxylic acids is 1. The topological polar surface area (TPSA) is 50.2 Å². The summed E-state index contributed by atoms with van der Waals surface area (Å²) in [5.74, 6) is -0.464. The third-order valence-electron chi connectivity index (χ3n) is 3.55. The Kier molecular flexibility index (Phi) is 5.87. The number of hydrogen-bond acceptors (Lipinski definition) is 3. The zero-order valence-electron chi connectivity index (χ0n) is 13.8. The van der Waals surface area contributed by atoms with Crippen LogP contribution in [0, 0.1) is 12.7 Å². The van der Waals surface area contributed by atoms with E-state index in [1.807, 2.05) is 38.1 Å². The Labute approximate surface area is 136 Å². The lowest BCUT2D eigenvalue weighted by Crippen LogP contribution is -2.37. The number of nitrogens with one attached hydrogen (secondary N) is 1. The van der Waals surface area contributed by atoms with Crippen LogP contribution in [0.15, 0.2) is 36.7 Å². The molecule has 23 heavy (non-hydrogen) atoms. The fourth-order valence-electron chi connectivity index (χ4n) is 2.50. The number of nitrogens with zero attached hydrogens (tertiary/aromatic N) is 3. The average Bonchev–Trinajstić information content (AvgIpc) is 2.89. The van der Waals surface area contributed by atoms with Gasteiger partial charge in [0.25, 0.3) is 0 Å². The second-order valence-corrected chi connectivity index (χ2v) is 5.85.